The van der Waals surface area contributed by atoms with Crippen molar-refractivity contribution < 1.29 is 9.90 Å². The number of hydrogen-bond donors (Lipinski definition) is 4. The summed E-state index contributed by atoms with van der Waals surface area (Å²) >= 11 is 6.55. The van der Waals surface area contributed by atoms with Crippen molar-refractivity contribution in [2.45, 2.75) is 0 Å². The molecule has 0 atom stereocenters. The minimum Gasteiger partial charge on any atom is -0.506 e. The summed E-state index contributed by atoms with van der Waals surface area (Å²) in [5, 5.41) is 13.8. The Morgan fingerprint density at radius 2 is 1.88 bits per heavy atom. The molecule has 26 heavy (non-hydrogen) atoms. The number of hydrazine groups is 1. The van der Waals surface area contributed by atoms with Crippen LogP contribution < -0.4 is 16.6 Å². The highest BCUT2D eigenvalue weighted by Crippen LogP contribution is 2.34. The predicted molar refractivity (Wildman–Crippen MR) is 109 cm³/mol. The number of pyridine rings is 1. The van der Waals surface area contributed by atoms with Gasteiger partial charge in [0.25, 0.3) is 5.91 Å². The zero-order valence-corrected chi connectivity index (χ0v) is 16.5. The minimum atomic E-state index is -0.475. The number of hydrogen-bond acceptors (Lipinski definition) is 5. The number of halogens is 2. The van der Waals surface area contributed by atoms with Crippen LogP contribution in [-0.4, -0.2) is 16.0 Å². The Morgan fingerprint density at radius 3 is 2.58 bits per heavy atom. The highest BCUT2D eigenvalue weighted by Gasteiger charge is 2.11. The second kappa shape index (κ2) is 7.86. The van der Waals surface area contributed by atoms with Gasteiger partial charge < -0.3 is 10.4 Å². The first-order valence-electron chi connectivity index (χ1n) is 7.50. The molecule has 5 N–H and O–H groups in total. The molecule has 1 amide bonds. The number of carbonyl (C=O) groups excluding carboxylic acids is 1. The van der Waals surface area contributed by atoms with E-state index in [4.69, 9.17) is 5.84 Å². The fraction of sp³-hybridized carbons (Fsp3) is 0. The largest absolute Gasteiger partial charge is 0.506 e. The van der Waals surface area contributed by atoms with Crippen LogP contribution in [0.5, 0.6) is 5.75 Å². The molecule has 0 spiro atoms. The van der Waals surface area contributed by atoms with Crippen molar-refractivity contribution in [1.29, 1.82) is 0 Å². The second-order valence-electron chi connectivity index (χ2n) is 5.40. The quantitative estimate of drug-likeness (QED) is 0.197. The maximum atomic E-state index is 12.2. The molecule has 0 saturated heterocycles. The normalized spacial score (nSPS) is 11.4. The number of phenolic OH excluding ortho intramolecular Hbond substituents is 1. The molecule has 2 aromatic carbocycles. The topological polar surface area (TPSA) is 100 Å². The van der Waals surface area contributed by atoms with E-state index < -0.39 is 5.91 Å². The predicted octanol–water partition coefficient (Wildman–Crippen LogP) is 3.91. The van der Waals surface area contributed by atoms with Gasteiger partial charge in [0.15, 0.2) is 0 Å². The van der Waals surface area contributed by atoms with Crippen LogP contribution in [0.1, 0.15) is 5.56 Å². The van der Waals surface area contributed by atoms with Gasteiger partial charge in [-0.2, -0.15) is 0 Å². The van der Waals surface area contributed by atoms with Crippen molar-refractivity contribution in [2.75, 3.05) is 5.32 Å². The monoisotopic (exact) mass is 476 g/mol. The molecule has 0 radical (unpaired) electrons. The van der Waals surface area contributed by atoms with Crippen molar-refractivity contribution in [3.8, 4) is 5.75 Å². The lowest BCUT2D eigenvalue weighted by Crippen LogP contribution is -2.33. The van der Waals surface area contributed by atoms with Crippen LogP contribution in [0.3, 0.4) is 0 Å². The van der Waals surface area contributed by atoms with Gasteiger partial charge in [0.05, 0.1) is 14.5 Å². The average molecular weight is 478 g/mol. The third-order valence-corrected chi connectivity index (χ3v) is 4.82. The van der Waals surface area contributed by atoms with Crippen LogP contribution in [0.25, 0.3) is 17.0 Å². The number of aromatic hydroxyl groups is 1. The standard InChI is InChI=1S/C18H14Br2N4O2/c19-13-6-10(7-14(20)17(13)25)8-16(18(26)24-21)23-12-3-4-15-11(9-12)2-1-5-22-15/h1-9,23,25H,21H2,(H,24,26). The number of nitrogens with zero attached hydrogens (tertiary/aromatic N) is 1. The van der Waals surface area contributed by atoms with Crippen molar-refractivity contribution >= 4 is 60.4 Å². The maximum Gasteiger partial charge on any atom is 0.281 e. The van der Waals surface area contributed by atoms with E-state index in [1.165, 1.54) is 0 Å². The zero-order valence-electron chi connectivity index (χ0n) is 13.3. The summed E-state index contributed by atoms with van der Waals surface area (Å²) in [6.45, 7) is 0. The molecule has 0 aliphatic heterocycles. The molecular formula is C18H14Br2N4O2. The average Bonchev–Trinajstić information content (AvgIpc) is 2.64. The van der Waals surface area contributed by atoms with Gasteiger partial charge in [0, 0.05) is 17.3 Å². The summed E-state index contributed by atoms with van der Waals surface area (Å²) in [5.74, 6) is 4.92. The highest BCUT2D eigenvalue weighted by molar-refractivity contribution is 9.11. The number of fused-ring (bicyclic) bond motifs is 1. The number of rotatable bonds is 4. The van der Waals surface area contributed by atoms with Crippen molar-refractivity contribution in [3.05, 3.63) is 68.9 Å². The van der Waals surface area contributed by atoms with Crippen LogP contribution in [0.4, 0.5) is 5.69 Å². The van der Waals surface area contributed by atoms with Gasteiger partial charge in [0.1, 0.15) is 11.4 Å². The summed E-state index contributed by atoms with van der Waals surface area (Å²) in [7, 11) is 0. The first-order valence-corrected chi connectivity index (χ1v) is 9.09. The van der Waals surface area contributed by atoms with Crippen LogP contribution in [0.15, 0.2) is 63.3 Å². The lowest BCUT2D eigenvalue weighted by Gasteiger charge is -2.11. The van der Waals surface area contributed by atoms with E-state index in [1.807, 2.05) is 30.3 Å². The maximum absolute atomic E-state index is 12.2. The number of benzene rings is 2. The van der Waals surface area contributed by atoms with E-state index in [-0.39, 0.29) is 11.4 Å². The molecule has 3 rings (SSSR count). The van der Waals surface area contributed by atoms with Crippen LogP contribution in [-0.2, 0) is 4.79 Å². The number of phenols is 1. The molecule has 6 nitrogen and oxygen atoms in total. The Morgan fingerprint density at radius 1 is 1.15 bits per heavy atom. The van der Waals surface area contributed by atoms with E-state index in [0.29, 0.717) is 14.5 Å². The molecule has 0 unspecified atom stereocenters. The van der Waals surface area contributed by atoms with Gasteiger partial charge in [-0.3, -0.25) is 15.2 Å². The van der Waals surface area contributed by atoms with Crippen molar-refractivity contribution in [3.63, 3.8) is 0 Å². The van der Waals surface area contributed by atoms with Gasteiger partial charge in [0.2, 0.25) is 0 Å². The van der Waals surface area contributed by atoms with Gasteiger partial charge in [-0.25, -0.2) is 5.84 Å². The summed E-state index contributed by atoms with van der Waals surface area (Å²) in [6, 6.07) is 12.8. The van der Waals surface area contributed by atoms with E-state index in [1.54, 1.807) is 24.4 Å². The second-order valence-corrected chi connectivity index (χ2v) is 7.11. The Labute approximate surface area is 166 Å². The third kappa shape index (κ3) is 4.04. The fourth-order valence-electron chi connectivity index (χ4n) is 2.38. The number of nitrogens with two attached hydrogens (primary N) is 1. The number of carbonyl (C=O) groups is 1. The molecule has 1 heterocycles. The summed E-state index contributed by atoms with van der Waals surface area (Å²) in [5.41, 5.74) is 4.65. The SMILES string of the molecule is NNC(=O)C(=Cc1cc(Br)c(O)c(Br)c1)Nc1ccc2ncccc2c1. The van der Waals surface area contributed by atoms with E-state index >= 15 is 0 Å². The smallest absolute Gasteiger partial charge is 0.281 e. The lowest BCUT2D eigenvalue weighted by molar-refractivity contribution is -0.117. The van der Waals surface area contributed by atoms with Crippen LogP contribution in [0.2, 0.25) is 0 Å². The highest BCUT2D eigenvalue weighted by atomic mass is 79.9. The van der Waals surface area contributed by atoms with E-state index in [2.05, 4.69) is 47.6 Å². The van der Waals surface area contributed by atoms with Crippen molar-refractivity contribution in [1.82, 2.24) is 10.4 Å². The van der Waals surface area contributed by atoms with Gasteiger partial charge in [-0.15, -0.1) is 0 Å². The lowest BCUT2D eigenvalue weighted by atomic mass is 10.1. The number of nitrogens with one attached hydrogen (secondary N) is 2. The molecule has 0 aliphatic rings. The van der Waals surface area contributed by atoms with Crippen LogP contribution in [0, 0.1) is 0 Å². The first kappa shape index (κ1) is 18.4. The van der Waals surface area contributed by atoms with E-state index in [9.17, 15) is 9.90 Å². The molecule has 0 aliphatic carbocycles. The molecule has 3 aromatic rings. The number of anilines is 1. The number of amides is 1. The molecule has 0 fully saturated rings. The Balaban J connectivity index is 1.98. The van der Waals surface area contributed by atoms with Crippen LogP contribution >= 0.6 is 31.9 Å². The Bertz CT molecular complexity index is 998. The van der Waals surface area contributed by atoms with Gasteiger partial charge in [-0.1, -0.05) is 6.07 Å². The summed E-state index contributed by atoms with van der Waals surface area (Å²) in [4.78, 5) is 16.4. The Hall–Kier alpha value is -2.42. The minimum absolute atomic E-state index is 0.0852. The first-order chi connectivity index (χ1) is 12.5. The molecule has 8 heteroatoms. The molecule has 1 aromatic heterocycles. The molecule has 0 bridgehead atoms. The summed E-state index contributed by atoms with van der Waals surface area (Å²) < 4.78 is 1.00. The molecule has 0 saturated carbocycles. The molecule has 132 valence electrons. The number of aromatic nitrogens is 1. The van der Waals surface area contributed by atoms with E-state index in [0.717, 1.165) is 16.6 Å². The van der Waals surface area contributed by atoms with Gasteiger partial charge in [-0.05, 0) is 79.9 Å². The fourth-order valence-corrected chi connectivity index (χ4v) is 3.60. The van der Waals surface area contributed by atoms with Crippen molar-refractivity contribution in [2.24, 2.45) is 5.84 Å². The molecular weight excluding hydrogens is 464 g/mol. The third-order valence-electron chi connectivity index (χ3n) is 3.61. The summed E-state index contributed by atoms with van der Waals surface area (Å²) in [6.07, 6.45) is 3.35. The van der Waals surface area contributed by atoms with Gasteiger partial charge >= 0.3 is 0 Å². The zero-order chi connectivity index (χ0) is 18.7. The Kier molecular flexibility index (Phi) is 5.55.